The van der Waals surface area contributed by atoms with Gasteiger partial charge in [0.1, 0.15) is 0 Å². The van der Waals surface area contributed by atoms with Gasteiger partial charge in [0, 0.05) is 18.3 Å². The van der Waals surface area contributed by atoms with E-state index in [9.17, 15) is 13.2 Å². The summed E-state index contributed by atoms with van der Waals surface area (Å²) < 4.78 is 40.2. The Balaban J connectivity index is 0. The number of unbranched alkanes of at least 4 members (excludes halogenated alkanes) is 1. The smallest absolute Gasteiger partial charge is 0.347 e. The number of halogens is 3. The summed E-state index contributed by atoms with van der Waals surface area (Å²) >= 11 is 1.52. The second-order valence-corrected chi connectivity index (χ2v) is 7.86. The third kappa shape index (κ3) is 10.8. The topological polar surface area (TPSA) is 39.4 Å². The van der Waals surface area contributed by atoms with E-state index in [-0.39, 0.29) is 11.3 Å². The van der Waals surface area contributed by atoms with E-state index in [4.69, 9.17) is 5.26 Å². The number of nitrogens with zero attached hydrogens (tertiary/aromatic N) is 3. The summed E-state index contributed by atoms with van der Waals surface area (Å²) in [7, 11) is 0. The summed E-state index contributed by atoms with van der Waals surface area (Å²) in [5, 5.41) is 9.55. The molecule has 2 rings (SSSR count). The first-order chi connectivity index (χ1) is 15.3. The van der Waals surface area contributed by atoms with Crippen molar-refractivity contribution >= 4 is 22.6 Å². The molecular formula is C25H42F3N3S. The average molecular weight is 474 g/mol. The number of nitriles is 1. The van der Waals surface area contributed by atoms with Crippen molar-refractivity contribution < 1.29 is 13.2 Å². The minimum Gasteiger partial charge on any atom is -0.347 e. The molecule has 3 nitrogen and oxygen atoms in total. The lowest BCUT2D eigenvalue weighted by Crippen LogP contribution is -2.35. The van der Waals surface area contributed by atoms with Gasteiger partial charge in [-0.1, -0.05) is 80.5 Å². The number of amidine groups is 1. The fraction of sp³-hybridized carbons (Fsp3) is 0.680. The second kappa shape index (κ2) is 17.8. The second-order valence-electron chi connectivity index (χ2n) is 6.88. The predicted molar refractivity (Wildman–Crippen MR) is 135 cm³/mol. The van der Waals surface area contributed by atoms with E-state index in [0.29, 0.717) is 17.1 Å². The normalized spacial score (nSPS) is 16.3. The Hall–Kier alpha value is -1.68. The van der Waals surface area contributed by atoms with Crippen molar-refractivity contribution in [3.05, 3.63) is 29.3 Å². The molecule has 184 valence electrons. The van der Waals surface area contributed by atoms with Crippen LogP contribution in [0.4, 0.5) is 18.9 Å². The van der Waals surface area contributed by atoms with Gasteiger partial charge in [0.05, 0.1) is 22.9 Å². The molecule has 0 spiro atoms. The Bertz CT molecular complexity index is 695. The van der Waals surface area contributed by atoms with Crippen molar-refractivity contribution in [2.45, 2.75) is 93.8 Å². The van der Waals surface area contributed by atoms with Gasteiger partial charge in [0.15, 0.2) is 5.17 Å². The largest absolute Gasteiger partial charge is 0.418 e. The third-order valence-electron chi connectivity index (χ3n) is 4.23. The molecule has 0 radical (unpaired) electrons. The molecule has 0 saturated carbocycles. The van der Waals surface area contributed by atoms with Crippen molar-refractivity contribution in [1.29, 1.82) is 5.26 Å². The summed E-state index contributed by atoms with van der Waals surface area (Å²) in [6, 6.07) is 5.62. The van der Waals surface area contributed by atoms with Gasteiger partial charge in [0.2, 0.25) is 0 Å². The van der Waals surface area contributed by atoms with Crippen molar-refractivity contribution in [3.8, 4) is 6.07 Å². The lowest BCUT2D eigenvalue weighted by molar-refractivity contribution is -0.137. The summed E-state index contributed by atoms with van der Waals surface area (Å²) in [6.07, 6.45) is -1.54. The zero-order valence-corrected chi connectivity index (χ0v) is 22.1. The molecule has 1 aromatic carbocycles. The van der Waals surface area contributed by atoms with E-state index < -0.39 is 11.7 Å². The van der Waals surface area contributed by atoms with Gasteiger partial charge in [-0.05, 0) is 37.0 Å². The van der Waals surface area contributed by atoms with Crippen LogP contribution in [0.2, 0.25) is 0 Å². The highest BCUT2D eigenvalue weighted by molar-refractivity contribution is 8.14. The fourth-order valence-electron chi connectivity index (χ4n) is 2.98. The monoisotopic (exact) mass is 473 g/mol. The molecule has 0 aliphatic carbocycles. The summed E-state index contributed by atoms with van der Waals surface area (Å²) in [4.78, 5) is 6.53. The van der Waals surface area contributed by atoms with Gasteiger partial charge in [0.25, 0.3) is 0 Å². The van der Waals surface area contributed by atoms with Crippen LogP contribution in [0.25, 0.3) is 0 Å². The van der Waals surface area contributed by atoms with Crippen molar-refractivity contribution in [2.24, 2.45) is 10.9 Å². The highest BCUT2D eigenvalue weighted by Gasteiger charge is 2.35. The Kier molecular flexibility index (Phi) is 18.1. The molecule has 0 bridgehead atoms. The molecule has 1 saturated heterocycles. The maximum Gasteiger partial charge on any atom is 0.418 e. The van der Waals surface area contributed by atoms with Crippen LogP contribution in [0, 0.1) is 17.2 Å². The van der Waals surface area contributed by atoms with Gasteiger partial charge in [-0.25, -0.2) is 4.99 Å². The van der Waals surface area contributed by atoms with Crippen LogP contribution in [0.3, 0.4) is 0 Å². The predicted octanol–water partition coefficient (Wildman–Crippen LogP) is 8.91. The molecule has 1 aliphatic heterocycles. The van der Waals surface area contributed by atoms with Gasteiger partial charge in [-0.3, -0.25) is 0 Å². The molecule has 0 N–H and O–H groups in total. The van der Waals surface area contributed by atoms with E-state index in [1.54, 1.807) is 6.07 Å². The van der Waals surface area contributed by atoms with Gasteiger partial charge in [-0.15, -0.1) is 0 Å². The number of aliphatic imine (C=N–C) groups is 1. The molecule has 0 amide bonds. The molecule has 32 heavy (non-hydrogen) atoms. The number of thioether (sulfide) groups is 1. The maximum absolute atomic E-state index is 13.4. The summed E-state index contributed by atoms with van der Waals surface area (Å²) in [5.74, 6) is 1.36. The molecule has 1 aliphatic rings. The van der Waals surface area contributed by atoms with E-state index in [2.05, 4.69) is 30.7 Å². The van der Waals surface area contributed by atoms with Crippen LogP contribution in [-0.4, -0.2) is 28.4 Å². The third-order valence-corrected chi connectivity index (χ3v) is 5.37. The van der Waals surface area contributed by atoms with Crippen LogP contribution in [0.15, 0.2) is 23.2 Å². The van der Waals surface area contributed by atoms with Crippen LogP contribution < -0.4 is 0 Å². The number of alkyl halides is 3. The first-order valence-corrected chi connectivity index (χ1v) is 12.8. The lowest BCUT2D eigenvalue weighted by atomic mass is 10.0. The minimum atomic E-state index is -4.54. The van der Waals surface area contributed by atoms with Crippen LogP contribution >= 0.6 is 11.8 Å². The Morgan fingerprint density at radius 2 is 1.75 bits per heavy atom. The first-order valence-electron chi connectivity index (χ1n) is 11.9. The quantitative estimate of drug-likeness (QED) is 0.414. The standard InChI is InChI=1S/C19H24F3N3S.3C2H6/c1-4-5-8-25-15(9-13(2)3)12-26-18(25)24-17-7-6-14(11-23)10-16(17)19(20,21)22;3*1-2/h6-7,10,13,15H,4-5,8-9,12H2,1-3H3;3*1-2H3. The molecular weight excluding hydrogens is 431 g/mol. The van der Waals surface area contributed by atoms with Crippen LogP contribution in [0.1, 0.15) is 92.7 Å². The number of hydrogen-bond acceptors (Lipinski definition) is 3. The minimum absolute atomic E-state index is 0.0131. The van der Waals surface area contributed by atoms with Crippen molar-refractivity contribution in [1.82, 2.24) is 4.90 Å². The SMILES string of the molecule is CC.CC.CC.CCCCN1C(=Nc2ccc(C#N)cc2C(F)(F)F)SCC1CC(C)C. The summed E-state index contributed by atoms with van der Waals surface area (Å²) in [5.41, 5.74) is -0.987. The van der Waals surface area contributed by atoms with Crippen molar-refractivity contribution in [2.75, 3.05) is 12.3 Å². The zero-order chi connectivity index (χ0) is 25.3. The first kappa shape index (κ1) is 32.5. The molecule has 7 heteroatoms. The molecule has 1 heterocycles. The highest BCUT2D eigenvalue weighted by atomic mass is 32.2. The van der Waals surface area contributed by atoms with Crippen molar-refractivity contribution in [3.63, 3.8) is 0 Å². The molecule has 1 atom stereocenters. The molecule has 1 unspecified atom stereocenters. The summed E-state index contributed by atoms with van der Waals surface area (Å²) in [6.45, 7) is 19.2. The van der Waals surface area contributed by atoms with E-state index in [1.807, 2.05) is 41.5 Å². The van der Waals surface area contributed by atoms with Crippen LogP contribution in [-0.2, 0) is 6.18 Å². The zero-order valence-electron chi connectivity index (χ0n) is 21.3. The van der Waals surface area contributed by atoms with Gasteiger partial charge >= 0.3 is 6.18 Å². The molecule has 0 aromatic heterocycles. The average Bonchev–Trinajstić information content (AvgIpc) is 3.16. The highest BCUT2D eigenvalue weighted by Crippen LogP contribution is 2.39. The number of rotatable bonds is 6. The Labute approximate surface area is 198 Å². The van der Waals surface area contributed by atoms with Gasteiger partial charge < -0.3 is 4.90 Å². The molecule has 1 fully saturated rings. The number of hydrogen-bond donors (Lipinski definition) is 0. The Morgan fingerprint density at radius 3 is 2.22 bits per heavy atom. The van der Waals surface area contributed by atoms with E-state index in [1.165, 1.54) is 23.9 Å². The van der Waals surface area contributed by atoms with Gasteiger partial charge in [-0.2, -0.15) is 18.4 Å². The lowest BCUT2D eigenvalue weighted by Gasteiger charge is -2.27. The Morgan fingerprint density at radius 1 is 1.16 bits per heavy atom. The fourth-order valence-corrected chi connectivity index (χ4v) is 4.20. The maximum atomic E-state index is 13.4. The number of benzene rings is 1. The molecule has 1 aromatic rings. The van der Waals surface area contributed by atoms with Crippen LogP contribution in [0.5, 0.6) is 0 Å². The van der Waals surface area contributed by atoms with E-state index in [0.717, 1.165) is 37.6 Å². The van der Waals surface area contributed by atoms with E-state index >= 15 is 0 Å².